The predicted octanol–water partition coefficient (Wildman–Crippen LogP) is 1.15. The minimum atomic E-state index is -1.02. The Kier molecular flexibility index (Phi) is 6.96. The fraction of sp³-hybridized carbons (Fsp3) is 0.318. The van der Waals surface area contributed by atoms with Gasteiger partial charge >= 0.3 is 5.97 Å². The van der Waals surface area contributed by atoms with Gasteiger partial charge in [-0.25, -0.2) is 4.79 Å². The standard InChI is InChI=1S/C22H24N2O7/c1-28-16-10-9-14(17(11-16)29-2)12-24-20(22(27)30-3)19(21(24)26)23-18(25)13-31-15-7-5-4-6-8-15/h4-11,19-20H,12-13H2,1-3H3,(H,23,25)/t19-,20-/m0/s1. The van der Waals surface area contributed by atoms with Crippen LogP contribution in [-0.4, -0.2) is 62.7 Å². The monoisotopic (exact) mass is 428 g/mol. The molecule has 0 bridgehead atoms. The second-order valence-electron chi connectivity index (χ2n) is 6.76. The summed E-state index contributed by atoms with van der Waals surface area (Å²) in [5.41, 5.74) is 0.683. The van der Waals surface area contributed by atoms with Crippen molar-refractivity contribution in [2.75, 3.05) is 27.9 Å². The van der Waals surface area contributed by atoms with Gasteiger partial charge in [-0.2, -0.15) is 0 Å². The Balaban J connectivity index is 1.67. The van der Waals surface area contributed by atoms with Crippen LogP contribution in [-0.2, 0) is 25.7 Å². The summed E-state index contributed by atoms with van der Waals surface area (Å²) in [7, 11) is 4.27. The minimum Gasteiger partial charge on any atom is -0.497 e. The fourth-order valence-corrected chi connectivity index (χ4v) is 3.30. The summed E-state index contributed by atoms with van der Waals surface area (Å²) >= 11 is 0. The number of likely N-dealkylation sites (tertiary alicyclic amines) is 1. The maximum absolute atomic E-state index is 12.7. The van der Waals surface area contributed by atoms with E-state index < -0.39 is 29.9 Å². The Bertz CT molecular complexity index is 948. The van der Waals surface area contributed by atoms with E-state index in [9.17, 15) is 14.4 Å². The van der Waals surface area contributed by atoms with Crippen LogP contribution >= 0.6 is 0 Å². The molecule has 1 aliphatic rings. The average Bonchev–Trinajstić information content (AvgIpc) is 2.81. The van der Waals surface area contributed by atoms with Crippen LogP contribution in [0.15, 0.2) is 48.5 Å². The number of methoxy groups -OCH3 is 3. The molecule has 0 radical (unpaired) electrons. The number of ether oxygens (including phenoxy) is 4. The van der Waals surface area contributed by atoms with Gasteiger partial charge in [-0.15, -0.1) is 0 Å². The second-order valence-corrected chi connectivity index (χ2v) is 6.76. The van der Waals surface area contributed by atoms with E-state index in [2.05, 4.69) is 5.32 Å². The zero-order valence-corrected chi connectivity index (χ0v) is 17.5. The van der Waals surface area contributed by atoms with E-state index in [0.717, 1.165) is 0 Å². The number of rotatable bonds is 9. The number of nitrogens with zero attached hydrogens (tertiary/aromatic N) is 1. The van der Waals surface area contributed by atoms with Gasteiger partial charge in [-0.05, 0) is 24.3 Å². The van der Waals surface area contributed by atoms with Crippen molar-refractivity contribution in [1.82, 2.24) is 10.2 Å². The first-order chi connectivity index (χ1) is 15.0. The van der Waals surface area contributed by atoms with Crippen molar-refractivity contribution in [3.63, 3.8) is 0 Å². The van der Waals surface area contributed by atoms with Crippen LogP contribution in [0.25, 0.3) is 0 Å². The number of esters is 1. The summed E-state index contributed by atoms with van der Waals surface area (Å²) in [6, 6.07) is 12.0. The Hall–Kier alpha value is -3.75. The van der Waals surface area contributed by atoms with Crippen LogP contribution in [0.3, 0.4) is 0 Å². The highest BCUT2D eigenvalue weighted by Gasteiger charge is 2.53. The highest BCUT2D eigenvalue weighted by atomic mass is 16.5. The highest BCUT2D eigenvalue weighted by Crippen LogP contribution is 2.30. The first-order valence-electron chi connectivity index (χ1n) is 9.55. The fourth-order valence-electron chi connectivity index (χ4n) is 3.30. The Morgan fingerprint density at radius 2 is 1.74 bits per heavy atom. The molecule has 164 valence electrons. The number of hydrogen-bond acceptors (Lipinski definition) is 7. The molecule has 1 N–H and O–H groups in total. The number of carbonyl (C=O) groups excluding carboxylic acids is 3. The van der Waals surface area contributed by atoms with E-state index in [0.29, 0.717) is 22.8 Å². The maximum atomic E-state index is 12.7. The first kappa shape index (κ1) is 21.9. The van der Waals surface area contributed by atoms with Crippen molar-refractivity contribution in [1.29, 1.82) is 0 Å². The first-order valence-corrected chi connectivity index (χ1v) is 9.55. The molecule has 2 amide bonds. The molecule has 9 heteroatoms. The van der Waals surface area contributed by atoms with Crippen LogP contribution in [0.1, 0.15) is 5.56 Å². The average molecular weight is 428 g/mol. The van der Waals surface area contributed by atoms with E-state index in [1.165, 1.54) is 26.2 Å². The number of benzene rings is 2. The molecule has 0 aromatic heterocycles. The van der Waals surface area contributed by atoms with Crippen LogP contribution in [0.2, 0.25) is 0 Å². The molecule has 1 saturated heterocycles. The van der Waals surface area contributed by atoms with Crippen LogP contribution < -0.4 is 19.5 Å². The van der Waals surface area contributed by atoms with Gasteiger partial charge in [0.25, 0.3) is 5.91 Å². The molecule has 0 unspecified atom stereocenters. The van der Waals surface area contributed by atoms with Gasteiger partial charge in [0.15, 0.2) is 12.6 Å². The lowest BCUT2D eigenvalue weighted by atomic mass is 9.93. The van der Waals surface area contributed by atoms with Crippen LogP contribution in [0, 0.1) is 0 Å². The number of para-hydroxylation sites is 1. The molecule has 0 spiro atoms. The van der Waals surface area contributed by atoms with Gasteiger partial charge in [-0.1, -0.05) is 18.2 Å². The lowest BCUT2D eigenvalue weighted by Gasteiger charge is -2.45. The topological polar surface area (TPSA) is 103 Å². The smallest absolute Gasteiger partial charge is 0.331 e. The molecule has 31 heavy (non-hydrogen) atoms. The van der Waals surface area contributed by atoms with E-state index in [-0.39, 0.29) is 13.2 Å². The lowest BCUT2D eigenvalue weighted by Crippen LogP contribution is -2.73. The third-order valence-electron chi connectivity index (χ3n) is 4.91. The molecular weight excluding hydrogens is 404 g/mol. The molecule has 1 fully saturated rings. The molecule has 2 aromatic carbocycles. The van der Waals surface area contributed by atoms with Crippen molar-refractivity contribution < 1.29 is 33.3 Å². The zero-order valence-electron chi connectivity index (χ0n) is 17.5. The molecule has 2 atom stereocenters. The summed E-state index contributed by atoms with van der Waals surface area (Å²) in [6.07, 6.45) is 0. The summed E-state index contributed by atoms with van der Waals surface area (Å²) in [4.78, 5) is 38.6. The molecular formula is C22H24N2O7. The van der Waals surface area contributed by atoms with Gasteiger partial charge in [0.1, 0.15) is 23.3 Å². The lowest BCUT2D eigenvalue weighted by molar-refractivity contribution is -0.170. The third kappa shape index (κ3) is 4.88. The third-order valence-corrected chi connectivity index (χ3v) is 4.91. The Morgan fingerprint density at radius 3 is 2.39 bits per heavy atom. The second kappa shape index (κ2) is 9.84. The van der Waals surface area contributed by atoms with Crippen molar-refractivity contribution in [2.24, 2.45) is 0 Å². The quantitative estimate of drug-likeness (QED) is 0.472. The van der Waals surface area contributed by atoms with Gasteiger partial charge in [-0.3, -0.25) is 9.59 Å². The number of amides is 2. The predicted molar refractivity (Wildman–Crippen MR) is 110 cm³/mol. The van der Waals surface area contributed by atoms with Gasteiger partial charge in [0.05, 0.1) is 27.9 Å². The number of hydrogen-bond donors (Lipinski definition) is 1. The van der Waals surface area contributed by atoms with E-state index >= 15 is 0 Å². The summed E-state index contributed by atoms with van der Waals surface area (Å²) < 4.78 is 20.8. The van der Waals surface area contributed by atoms with Crippen LogP contribution in [0.5, 0.6) is 17.2 Å². The van der Waals surface area contributed by atoms with E-state index in [4.69, 9.17) is 18.9 Å². The number of β-lactam (4-membered cyclic amide) rings is 1. The molecule has 9 nitrogen and oxygen atoms in total. The normalized spacial score (nSPS) is 17.4. The summed E-state index contributed by atoms with van der Waals surface area (Å²) in [6.45, 7) is -0.174. The Morgan fingerprint density at radius 1 is 1.00 bits per heavy atom. The molecule has 3 rings (SSSR count). The SMILES string of the molecule is COC(=O)[C@@H]1[C@H](NC(=O)COc2ccccc2)C(=O)N1Cc1ccc(OC)cc1OC. The Labute approximate surface area is 179 Å². The van der Waals surface area contributed by atoms with Crippen molar-refractivity contribution in [2.45, 2.75) is 18.6 Å². The minimum absolute atomic E-state index is 0.110. The van der Waals surface area contributed by atoms with E-state index in [1.807, 2.05) is 6.07 Å². The highest BCUT2D eigenvalue weighted by molar-refractivity contribution is 6.02. The summed E-state index contributed by atoms with van der Waals surface area (Å²) in [5.74, 6) is 0.0962. The largest absolute Gasteiger partial charge is 0.497 e. The molecule has 1 aliphatic heterocycles. The summed E-state index contributed by atoms with van der Waals surface area (Å²) in [5, 5.41) is 2.56. The van der Waals surface area contributed by atoms with Crippen molar-refractivity contribution in [3.8, 4) is 17.2 Å². The maximum Gasteiger partial charge on any atom is 0.331 e. The van der Waals surface area contributed by atoms with Crippen molar-refractivity contribution in [3.05, 3.63) is 54.1 Å². The van der Waals surface area contributed by atoms with Gasteiger partial charge in [0, 0.05) is 11.6 Å². The molecule has 0 saturated carbocycles. The van der Waals surface area contributed by atoms with E-state index in [1.54, 1.807) is 42.5 Å². The number of carbonyl (C=O) groups is 3. The molecule has 2 aromatic rings. The van der Waals surface area contributed by atoms with Gasteiger partial charge in [0.2, 0.25) is 5.91 Å². The molecule has 1 heterocycles. The number of nitrogens with one attached hydrogen (secondary N) is 1. The zero-order chi connectivity index (χ0) is 22.4. The van der Waals surface area contributed by atoms with Gasteiger partial charge < -0.3 is 29.2 Å². The molecule has 0 aliphatic carbocycles. The van der Waals surface area contributed by atoms with Crippen molar-refractivity contribution >= 4 is 17.8 Å². The van der Waals surface area contributed by atoms with Crippen LogP contribution in [0.4, 0.5) is 0 Å².